The second-order valence-corrected chi connectivity index (χ2v) is 6.58. The quantitative estimate of drug-likeness (QED) is 0.884. The van der Waals surface area contributed by atoms with Crippen LogP contribution in [0.4, 0.5) is 4.39 Å². The van der Waals surface area contributed by atoms with Crippen molar-refractivity contribution in [3.8, 4) is 0 Å². The molecule has 1 saturated heterocycles. The minimum Gasteiger partial charge on any atom is -0.424 e. The fourth-order valence-corrected chi connectivity index (χ4v) is 3.25. The van der Waals surface area contributed by atoms with Crippen molar-refractivity contribution in [1.82, 2.24) is 20.0 Å². The number of hydrogen-bond acceptors (Lipinski definition) is 6. The SMILES string of the molecule is Cc1nnc(CN(C)[C@H]2CN(Cc3cccc(Cl)c3F)C[C@H]2O)o1. The van der Waals surface area contributed by atoms with Crippen LogP contribution in [0.15, 0.2) is 22.6 Å². The van der Waals surface area contributed by atoms with Gasteiger partial charge >= 0.3 is 0 Å². The number of likely N-dealkylation sites (N-methyl/N-ethyl adjacent to an activating group) is 1. The van der Waals surface area contributed by atoms with Gasteiger partial charge in [-0.15, -0.1) is 10.2 Å². The summed E-state index contributed by atoms with van der Waals surface area (Å²) in [5.74, 6) is 0.636. The van der Waals surface area contributed by atoms with Crippen molar-refractivity contribution in [1.29, 1.82) is 0 Å². The van der Waals surface area contributed by atoms with Crippen LogP contribution in [-0.2, 0) is 13.1 Å². The molecule has 130 valence electrons. The molecule has 6 nitrogen and oxygen atoms in total. The van der Waals surface area contributed by atoms with Crippen LogP contribution in [0, 0.1) is 12.7 Å². The molecule has 0 bridgehead atoms. The minimum absolute atomic E-state index is 0.0838. The van der Waals surface area contributed by atoms with Gasteiger partial charge in [0.25, 0.3) is 0 Å². The summed E-state index contributed by atoms with van der Waals surface area (Å²) >= 11 is 5.82. The summed E-state index contributed by atoms with van der Waals surface area (Å²) in [6, 6.07) is 4.89. The lowest BCUT2D eigenvalue weighted by Crippen LogP contribution is -2.40. The number of aryl methyl sites for hydroxylation is 1. The molecular weight excluding hydrogens is 335 g/mol. The van der Waals surface area contributed by atoms with Gasteiger partial charge in [-0.2, -0.15) is 0 Å². The molecule has 2 atom stereocenters. The molecule has 1 fully saturated rings. The second-order valence-electron chi connectivity index (χ2n) is 6.17. The molecule has 3 rings (SSSR count). The van der Waals surface area contributed by atoms with Gasteiger partial charge in [-0.3, -0.25) is 9.80 Å². The van der Waals surface area contributed by atoms with Gasteiger partial charge in [0.2, 0.25) is 11.8 Å². The van der Waals surface area contributed by atoms with Crippen LogP contribution in [0.5, 0.6) is 0 Å². The van der Waals surface area contributed by atoms with E-state index in [1.165, 1.54) is 6.07 Å². The van der Waals surface area contributed by atoms with Crippen LogP contribution < -0.4 is 0 Å². The molecule has 24 heavy (non-hydrogen) atoms. The van der Waals surface area contributed by atoms with E-state index in [2.05, 4.69) is 10.2 Å². The zero-order valence-corrected chi connectivity index (χ0v) is 14.4. The van der Waals surface area contributed by atoms with E-state index in [1.54, 1.807) is 19.1 Å². The predicted molar refractivity (Wildman–Crippen MR) is 87.0 cm³/mol. The summed E-state index contributed by atoms with van der Waals surface area (Å²) in [5, 5.41) is 18.2. The highest BCUT2D eigenvalue weighted by Gasteiger charge is 2.34. The Morgan fingerprint density at radius 3 is 2.92 bits per heavy atom. The van der Waals surface area contributed by atoms with E-state index >= 15 is 0 Å². The number of rotatable bonds is 5. The highest BCUT2D eigenvalue weighted by Crippen LogP contribution is 2.23. The first kappa shape index (κ1) is 17.3. The van der Waals surface area contributed by atoms with Crippen molar-refractivity contribution < 1.29 is 13.9 Å². The number of aromatic nitrogens is 2. The number of likely N-dealkylation sites (tertiary alicyclic amines) is 1. The third-order valence-corrected chi connectivity index (χ3v) is 4.57. The Labute approximate surface area is 144 Å². The van der Waals surface area contributed by atoms with E-state index in [0.717, 1.165) is 0 Å². The van der Waals surface area contributed by atoms with Gasteiger partial charge in [0.15, 0.2) is 0 Å². The molecule has 1 N–H and O–H groups in total. The highest BCUT2D eigenvalue weighted by molar-refractivity contribution is 6.30. The third kappa shape index (κ3) is 3.75. The molecule has 0 spiro atoms. The second kappa shape index (κ2) is 7.14. The Balaban J connectivity index is 1.62. The molecule has 0 aliphatic carbocycles. The Bertz CT molecular complexity index is 711. The number of halogens is 2. The monoisotopic (exact) mass is 354 g/mol. The maximum atomic E-state index is 14.0. The molecule has 2 aromatic rings. The van der Waals surface area contributed by atoms with Gasteiger partial charge in [-0.05, 0) is 13.1 Å². The maximum Gasteiger partial charge on any atom is 0.230 e. The van der Waals surface area contributed by atoms with Crippen LogP contribution in [0.25, 0.3) is 0 Å². The zero-order chi connectivity index (χ0) is 17.3. The average Bonchev–Trinajstić information content (AvgIpc) is 3.10. The summed E-state index contributed by atoms with van der Waals surface area (Å²) in [6.45, 7) is 3.71. The summed E-state index contributed by atoms with van der Waals surface area (Å²) < 4.78 is 19.4. The van der Waals surface area contributed by atoms with Gasteiger partial charge in [-0.25, -0.2) is 4.39 Å². The van der Waals surface area contributed by atoms with Crippen LogP contribution in [0.1, 0.15) is 17.3 Å². The van der Waals surface area contributed by atoms with Crippen molar-refractivity contribution in [2.45, 2.75) is 32.2 Å². The highest BCUT2D eigenvalue weighted by atomic mass is 35.5. The Morgan fingerprint density at radius 2 is 2.21 bits per heavy atom. The normalized spacial score (nSPS) is 21.8. The molecule has 2 heterocycles. The third-order valence-electron chi connectivity index (χ3n) is 4.28. The lowest BCUT2D eigenvalue weighted by molar-refractivity contribution is 0.0898. The largest absolute Gasteiger partial charge is 0.424 e. The molecular formula is C16H20ClFN4O2. The molecule has 0 unspecified atom stereocenters. The first-order chi connectivity index (χ1) is 11.4. The van der Waals surface area contributed by atoms with Crippen LogP contribution in [0.3, 0.4) is 0 Å². The van der Waals surface area contributed by atoms with Crippen molar-refractivity contribution in [2.24, 2.45) is 0 Å². The number of aliphatic hydroxyl groups excluding tert-OH is 1. The van der Waals surface area contributed by atoms with Gasteiger partial charge in [0.05, 0.1) is 17.7 Å². The first-order valence-corrected chi connectivity index (χ1v) is 8.14. The summed E-state index contributed by atoms with van der Waals surface area (Å²) in [5.41, 5.74) is 0.533. The van der Waals surface area contributed by atoms with E-state index < -0.39 is 11.9 Å². The molecule has 1 aromatic heterocycles. The van der Waals surface area contributed by atoms with Gasteiger partial charge in [0, 0.05) is 38.2 Å². The van der Waals surface area contributed by atoms with E-state index in [4.69, 9.17) is 16.0 Å². The molecule has 1 aliphatic rings. The fourth-order valence-electron chi connectivity index (χ4n) is 3.05. The molecule has 0 saturated carbocycles. The standard InChI is InChI=1S/C16H20ClFN4O2/c1-10-19-20-15(24-10)9-21(2)13-7-22(8-14(13)23)6-11-4-3-5-12(17)16(11)18/h3-5,13-14,23H,6-9H2,1-2H3/t13-,14+/m0/s1. The average molecular weight is 355 g/mol. The number of benzene rings is 1. The predicted octanol–water partition coefficient (Wildman–Crippen LogP) is 1.85. The fraction of sp³-hybridized carbons (Fsp3) is 0.500. The lowest BCUT2D eigenvalue weighted by atomic mass is 10.2. The van der Waals surface area contributed by atoms with E-state index in [0.29, 0.717) is 43.5 Å². The molecule has 1 aromatic carbocycles. The summed E-state index contributed by atoms with van der Waals surface area (Å²) in [4.78, 5) is 3.99. The van der Waals surface area contributed by atoms with Crippen molar-refractivity contribution in [3.63, 3.8) is 0 Å². The van der Waals surface area contributed by atoms with Gasteiger partial charge in [0.1, 0.15) is 5.82 Å². The Hall–Kier alpha value is -1.54. The number of nitrogens with zero attached hydrogens (tertiary/aromatic N) is 4. The number of aliphatic hydroxyl groups is 1. The summed E-state index contributed by atoms with van der Waals surface area (Å²) in [7, 11) is 1.90. The van der Waals surface area contributed by atoms with E-state index in [-0.39, 0.29) is 11.1 Å². The van der Waals surface area contributed by atoms with Crippen molar-refractivity contribution in [2.75, 3.05) is 20.1 Å². The lowest BCUT2D eigenvalue weighted by Gasteiger charge is -2.25. The first-order valence-electron chi connectivity index (χ1n) is 7.76. The van der Waals surface area contributed by atoms with Crippen LogP contribution in [-0.4, -0.2) is 57.4 Å². The van der Waals surface area contributed by atoms with Crippen LogP contribution >= 0.6 is 11.6 Å². The van der Waals surface area contributed by atoms with Gasteiger partial charge < -0.3 is 9.52 Å². The Morgan fingerprint density at radius 1 is 1.42 bits per heavy atom. The smallest absolute Gasteiger partial charge is 0.230 e. The van der Waals surface area contributed by atoms with Gasteiger partial charge in [-0.1, -0.05) is 23.7 Å². The molecule has 0 radical (unpaired) electrons. The van der Waals surface area contributed by atoms with Crippen LogP contribution in [0.2, 0.25) is 5.02 Å². The van der Waals surface area contributed by atoms with E-state index in [1.807, 2.05) is 16.8 Å². The van der Waals surface area contributed by atoms with Crippen molar-refractivity contribution in [3.05, 3.63) is 46.4 Å². The zero-order valence-electron chi connectivity index (χ0n) is 13.6. The molecule has 0 amide bonds. The minimum atomic E-state index is -0.527. The summed E-state index contributed by atoms with van der Waals surface area (Å²) in [6.07, 6.45) is -0.527. The Kier molecular flexibility index (Phi) is 5.15. The number of hydrogen-bond donors (Lipinski definition) is 1. The maximum absolute atomic E-state index is 14.0. The number of β-amino-alcohol motifs (C(OH)–C–C–N with tert-alkyl or cyclic N) is 1. The topological polar surface area (TPSA) is 65.6 Å². The van der Waals surface area contributed by atoms with E-state index in [9.17, 15) is 9.50 Å². The molecule has 1 aliphatic heterocycles. The molecule has 8 heteroatoms. The van der Waals surface area contributed by atoms with Crippen molar-refractivity contribution >= 4 is 11.6 Å².